The van der Waals surface area contributed by atoms with Crippen LogP contribution in [0.3, 0.4) is 0 Å². The molecule has 0 aliphatic rings. The highest BCUT2D eigenvalue weighted by atomic mass is 35.5. The minimum atomic E-state index is -0.254. The third kappa shape index (κ3) is 2.91. The van der Waals surface area contributed by atoms with Crippen LogP contribution in [0.4, 0.5) is 5.69 Å². The molecule has 0 aliphatic carbocycles. The number of hydrogen-bond acceptors (Lipinski definition) is 3. The van der Waals surface area contributed by atoms with Crippen molar-refractivity contribution in [1.82, 2.24) is 9.55 Å². The first kappa shape index (κ1) is 14.0. The van der Waals surface area contributed by atoms with Gasteiger partial charge in [0.2, 0.25) is 0 Å². The standard InChI is InChI=1S/C15H13Cl2N3O/c1-20-7-6-18-15(20)14(13-3-2-8-21-13)19-12-9-10(16)4-5-11(12)17/h2-9,14,19H,1H3. The predicted molar refractivity (Wildman–Crippen MR) is 83.8 cm³/mol. The minimum Gasteiger partial charge on any atom is -0.467 e. The van der Waals surface area contributed by atoms with Crippen molar-refractivity contribution in [1.29, 1.82) is 0 Å². The molecule has 0 bridgehead atoms. The highest BCUT2D eigenvalue weighted by Gasteiger charge is 2.21. The fourth-order valence-corrected chi connectivity index (χ4v) is 2.48. The summed E-state index contributed by atoms with van der Waals surface area (Å²) < 4.78 is 7.45. The van der Waals surface area contributed by atoms with Gasteiger partial charge >= 0.3 is 0 Å². The average Bonchev–Trinajstić information content (AvgIpc) is 3.11. The molecule has 21 heavy (non-hydrogen) atoms. The summed E-state index contributed by atoms with van der Waals surface area (Å²) in [6.07, 6.45) is 5.26. The molecule has 0 amide bonds. The van der Waals surface area contributed by atoms with Gasteiger partial charge in [-0.3, -0.25) is 0 Å². The molecule has 2 aromatic heterocycles. The van der Waals surface area contributed by atoms with E-state index in [2.05, 4.69) is 10.3 Å². The second kappa shape index (κ2) is 5.84. The van der Waals surface area contributed by atoms with Gasteiger partial charge in [-0.2, -0.15) is 0 Å². The molecule has 3 rings (SSSR count). The fraction of sp³-hybridized carbons (Fsp3) is 0.133. The Morgan fingerprint density at radius 2 is 2.14 bits per heavy atom. The van der Waals surface area contributed by atoms with Gasteiger partial charge in [0.1, 0.15) is 17.6 Å². The van der Waals surface area contributed by atoms with Crippen molar-refractivity contribution in [2.75, 3.05) is 5.32 Å². The average molecular weight is 322 g/mol. The van der Waals surface area contributed by atoms with Crippen LogP contribution in [0.25, 0.3) is 0 Å². The quantitative estimate of drug-likeness (QED) is 0.768. The van der Waals surface area contributed by atoms with Crippen LogP contribution < -0.4 is 5.32 Å². The van der Waals surface area contributed by atoms with E-state index in [-0.39, 0.29) is 6.04 Å². The number of nitrogens with one attached hydrogen (secondary N) is 1. The number of nitrogens with zero attached hydrogens (tertiary/aromatic N) is 2. The van der Waals surface area contributed by atoms with Crippen molar-refractivity contribution < 1.29 is 4.42 Å². The van der Waals surface area contributed by atoms with Gasteiger partial charge in [-0.25, -0.2) is 4.98 Å². The van der Waals surface area contributed by atoms with Crippen LogP contribution in [-0.2, 0) is 7.05 Å². The molecule has 1 aromatic carbocycles. The topological polar surface area (TPSA) is 43.0 Å². The number of aryl methyl sites for hydroxylation is 1. The lowest BCUT2D eigenvalue weighted by Gasteiger charge is -2.18. The molecule has 4 nitrogen and oxygen atoms in total. The van der Waals surface area contributed by atoms with Crippen LogP contribution in [0.15, 0.2) is 53.4 Å². The molecule has 0 spiro atoms. The van der Waals surface area contributed by atoms with Crippen molar-refractivity contribution in [3.63, 3.8) is 0 Å². The molecule has 0 saturated heterocycles. The van der Waals surface area contributed by atoms with Gasteiger partial charge in [0.05, 0.1) is 17.0 Å². The van der Waals surface area contributed by atoms with Crippen molar-refractivity contribution >= 4 is 28.9 Å². The van der Waals surface area contributed by atoms with Crippen LogP contribution in [0, 0.1) is 0 Å². The van der Waals surface area contributed by atoms with Gasteiger partial charge in [-0.15, -0.1) is 0 Å². The molecule has 0 radical (unpaired) electrons. The molecule has 6 heteroatoms. The van der Waals surface area contributed by atoms with Crippen LogP contribution in [-0.4, -0.2) is 9.55 Å². The Morgan fingerprint density at radius 1 is 1.29 bits per heavy atom. The molecular weight excluding hydrogens is 309 g/mol. The summed E-state index contributed by atoms with van der Waals surface area (Å²) in [7, 11) is 1.93. The Morgan fingerprint density at radius 3 is 2.81 bits per heavy atom. The monoisotopic (exact) mass is 321 g/mol. The number of halogens is 2. The smallest absolute Gasteiger partial charge is 0.143 e. The van der Waals surface area contributed by atoms with Gasteiger partial charge in [0.15, 0.2) is 0 Å². The van der Waals surface area contributed by atoms with Crippen molar-refractivity contribution in [3.05, 3.63) is 70.6 Å². The second-order valence-corrected chi connectivity index (χ2v) is 5.46. The van der Waals surface area contributed by atoms with Gasteiger partial charge in [-0.1, -0.05) is 23.2 Å². The van der Waals surface area contributed by atoms with Gasteiger partial charge in [0.25, 0.3) is 0 Å². The van der Waals surface area contributed by atoms with E-state index in [9.17, 15) is 0 Å². The first-order chi connectivity index (χ1) is 10.1. The summed E-state index contributed by atoms with van der Waals surface area (Å²) in [5.74, 6) is 1.57. The van der Waals surface area contributed by atoms with E-state index in [0.29, 0.717) is 10.0 Å². The summed E-state index contributed by atoms with van der Waals surface area (Å²) in [6.45, 7) is 0. The van der Waals surface area contributed by atoms with E-state index in [1.54, 1.807) is 30.7 Å². The molecule has 0 fully saturated rings. The Balaban J connectivity index is 2.01. The maximum Gasteiger partial charge on any atom is 0.143 e. The fourth-order valence-electron chi connectivity index (χ4n) is 2.14. The zero-order valence-electron chi connectivity index (χ0n) is 11.3. The number of benzene rings is 1. The molecule has 0 saturated carbocycles. The lowest BCUT2D eigenvalue weighted by atomic mass is 10.2. The number of rotatable bonds is 4. The molecule has 108 valence electrons. The van der Waals surface area contributed by atoms with Gasteiger partial charge in [0, 0.05) is 24.5 Å². The number of imidazole rings is 1. The molecular formula is C15H13Cl2N3O. The summed E-state index contributed by atoms with van der Waals surface area (Å²) in [4.78, 5) is 4.38. The number of furan rings is 1. The first-order valence-electron chi connectivity index (χ1n) is 6.37. The van der Waals surface area contributed by atoms with Crippen molar-refractivity contribution in [2.45, 2.75) is 6.04 Å². The first-order valence-corrected chi connectivity index (χ1v) is 7.13. The van der Waals surface area contributed by atoms with Crippen LogP contribution in [0.5, 0.6) is 0 Å². The highest BCUT2D eigenvalue weighted by molar-refractivity contribution is 6.35. The van der Waals surface area contributed by atoms with E-state index in [0.717, 1.165) is 17.3 Å². The Bertz CT molecular complexity index is 737. The van der Waals surface area contributed by atoms with Crippen molar-refractivity contribution in [2.24, 2.45) is 7.05 Å². The summed E-state index contributed by atoms with van der Waals surface area (Å²) in [5.41, 5.74) is 0.730. The maximum atomic E-state index is 6.22. The Kier molecular flexibility index (Phi) is 3.90. The van der Waals surface area contributed by atoms with E-state index < -0.39 is 0 Å². The van der Waals surface area contributed by atoms with Crippen LogP contribution in [0.1, 0.15) is 17.6 Å². The SMILES string of the molecule is Cn1ccnc1C(Nc1cc(Cl)ccc1Cl)c1ccco1. The van der Waals surface area contributed by atoms with Gasteiger partial charge in [-0.05, 0) is 30.3 Å². The largest absolute Gasteiger partial charge is 0.467 e. The van der Waals surface area contributed by atoms with E-state index in [4.69, 9.17) is 27.6 Å². The summed E-state index contributed by atoms with van der Waals surface area (Å²) in [5, 5.41) is 4.54. The normalized spacial score (nSPS) is 12.3. The number of anilines is 1. The molecule has 0 aliphatic heterocycles. The number of hydrogen-bond donors (Lipinski definition) is 1. The van der Waals surface area contributed by atoms with E-state index in [1.807, 2.05) is 29.9 Å². The van der Waals surface area contributed by atoms with Gasteiger partial charge < -0.3 is 14.3 Å². The van der Waals surface area contributed by atoms with E-state index >= 15 is 0 Å². The zero-order chi connectivity index (χ0) is 14.8. The molecule has 1 N–H and O–H groups in total. The zero-order valence-corrected chi connectivity index (χ0v) is 12.8. The summed E-state index contributed by atoms with van der Waals surface area (Å²) in [6, 6.07) is 8.76. The van der Waals surface area contributed by atoms with Crippen molar-refractivity contribution in [3.8, 4) is 0 Å². The molecule has 1 atom stereocenters. The molecule has 2 heterocycles. The third-order valence-corrected chi connectivity index (χ3v) is 3.74. The van der Waals surface area contributed by atoms with Crippen LogP contribution >= 0.6 is 23.2 Å². The maximum absolute atomic E-state index is 6.22. The second-order valence-electron chi connectivity index (χ2n) is 4.61. The van der Waals surface area contributed by atoms with Crippen LogP contribution in [0.2, 0.25) is 10.0 Å². The molecule has 1 unspecified atom stereocenters. The Labute approximate surface area is 132 Å². The lowest BCUT2D eigenvalue weighted by molar-refractivity contribution is 0.488. The third-order valence-electron chi connectivity index (χ3n) is 3.17. The minimum absolute atomic E-state index is 0.254. The lowest BCUT2D eigenvalue weighted by Crippen LogP contribution is -2.16. The Hall–Kier alpha value is -1.91. The number of aromatic nitrogens is 2. The highest BCUT2D eigenvalue weighted by Crippen LogP contribution is 2.31. The summed E-state index contributed by atoms with van der Waals surface area (Å²) >= 11 is 12.3. The van der Waals surface area contributed by atoms with E-state index in [1.165, 1.54) is 0 Å². The predicted octanol–water partition coefficient (Wildman–Crippen LogP) is 4.52. The molecule has 3 aromatic rings.